The number of benzene rings is 3. The molecule has 0 aliphatic heterocycles. The number of carbonyl (C=O) groups excluding carboxylic acids is 2. The summed E-state index contributed by atoms with van der Waals surface area (Å²) >= 11 is 0. The van der Waals surface area contributed by atoms with Gasteiger partial charge in [-0.05, 0) is 36.2 Å². The standard InChI is InChI=1S/C32H29N5O5/c33-31-35-27-26(28(36-31)40-17-22-10-4-1-5-11-22)34-21-37(27)19-32(20-42-30(39)24-14-8-3-9-15-24)16-25(32)18-41-29(38)23-12-6-2-7-13-23/h1-15,21,25H,16-20H2,(H2,33,35,36)/t25-,32+/m0/s1. The SMILES string of the molecule is Nc1nc(OCc2ccccc2)c2ncn(C[C@@]3(COC(=O)c4ccccc4)C[C@H]3COC(=O)c3ccccc3)c2n1. The first kappa shape index (κ1) is 26.9. The van der Waals surface area contributed by atoms with E-state index < -0.39 is 17.4 Å². The molecule has 1 saturated carbocycles. The number of rotatable bonds is 11. The molecule has 10 heteroatoms. The molecule has 0 spiro atoms. The van der Waals surface area contributed by atoms with Gasteiger partial charge in [0.15, 0.2) is 11.2 Å². The molecule has 1 aliphatic carbocycles. The molecular weight excluding hydrogens is 534 g/mol. The molecule has 2 aromatic heterocycles. The lowest BCUT2D eigenvalue weighted by atomic mass is 10.1. The van der Waals surface area contributed by atoms with Crippen LogP contribution in [0.5, 0.6) is 5.88 Å². The number of imidazole rings is 1. The van der Waals surface area contributed by atoms with Crippen molar-refractivity contribution < 1.29 is 23.8 Å². The summed E-state index contributed by atoms with van der Waals surface area (Å²) in [7, 11) is 0. The average molecular weight is 564 g/mol. The van der Waals surface area contributed by atoms with Crippen LogP contribution in [0.15, 0.2) is 97.3 Å². The Labute approximate surface area is 242 Å². The number of nitrogens with zero attached hydrogens (tertiary/aromatic N) is 4. The number of hydrogen-bond donors (Lipinski definition) is 1. The largest absolute Gasteiger partial charge is 0.471 e. The molecule has 6 rings (SSSR count). The van der Waals surface area contributed by atoms with Crippen LogP contribution in [0.2, 0.25) is 0 Å². The summed E-state index contributed by atoms with van der Waals surface area (Å²) in [4.78, 5) is 38.6. The van der Waals surface area contributed by atoms with Crippen LogP contribution in [0.4, 0.5) is 5.95 Å². The van der Waals surface area contributed by atoms with E-state index in [1.807, 2.05) is 47.0 Å². The van der Waals surface area contributed by atoms with Gasteiger partial charge in [-0.1, -0.05) is 66.7 Å². The molecule has 2 atom stereocenters. The minimum atomic E-state index is -0.500. The van der Waals surface area contributed by atoms with Crippen LogP contribution in [0.3, 0.4) is 0 Å². The molecule has 0 bridgehead atoms. The molecule has 10 nitrogen and oxygen atoms in total. The number of anilines is 1. The Morgan fingerprint density at radius 2 is 1.48 bits per heavy atom. The molecule has 2 N–H and O–H groups in total. The average Bonchev–Trinajstić information content (AvgIpc) is 3.58. The number of aromatic nitrogens is 4. The summed E-state index contributed by atoms with van der Waals surface area (Å²) in [6, 6.07) is 27.4. The lowest BCUT2D eigenvalue weighted by Crippen LogP contribution is -2.24. The van der Waals surface area contributed by atoms with E-state index in [-0.39, 0.29) is 31.0 Å². The quantitative estimate of drug-likeness (QED) is 0.227. The summed E-state index contributed by atoms with van der Waals surface area (Å²) < 4.78 is 19.3. The maximum atomic E-state index is 12.8. The van der Waals surface area contributed by atoms with E-state index in [0.29, 0.717) is 41.9 Å². The van der Waals surface area contributed by atoms with E-state index in [1.54, 1.807) is 54.9 Å². The van der Waals surface area contributed by atoms with E-state index in [0.717, 1.165) is 5.56 Å². The molecule has 1 aliphatic rings. The van der Waals surface area contributed by atoms with Crippen LogP contribution in [0.25, 0.3) is 11.2 Å². The van der Waals surface area contributed by atoms with Gasteiger partial charge in [0.05, 0.1) is 30.7 Å². The van der Waals surface area contributed by atoms with Crippen molar-refractivity contribution in [3.63, 3.8) is 0 Å². The number of hydrogen-bond acceptors (Lipinski definition) is 9. The zero-order chi connectivity index (χ0) is 28.9. The van der Waals surface area contributed by atoms with Gasteiger partial charge < -0.3 is 24.5 Å². The first-order valence-electron chi connectivity index (χ1n) is 13.6. The fraction of sp³-hybridized carbons (Fsp3) is 0.219. The van der Waals surface area contributed by atoms with E-state index in [9.17, 15) is 9.59 Å². The Kier molecular flexibility index (Phi) is 7.50. The molecule has 1 fully saturated rings. The van der Waals surface area contributed by atoms with Crippen molar-refractivity contribution in [1.82, 2.24) is 19.5 Å². The monoisotopic (exact) mass is 563 g/mol. The van der Waals surface area contributed by atoms with Gasteiger partial charge in [-0.15, -0.1) is 0 Å². The van der Waals surface area contributed by atoms with Crippen molar-refractivity contribution in [3.8, 4) is 5.88 Å². The molecule has 42 heavy (non-hydrogen) atoms. The Balaban J connectivity index is 1.21. The van der Waals surface area contributed by atoms with Crippen molar-refractivity contribution >= 4 is 29.1 Å². The van der Waals surface area contributed by atoms with Crippen LogP contribution >= 0.6 is 0 Å². The molecule has 0 unspecified atom stereocenters. The Hall–Kier alpha value is -5.25. The molecule has 3 aromatic carbocycles. The predicted octanol–water partition coefficient (Wildman–Crippen LogP) is 4.71. The highest BCUT2D eigenvalue weighted by Crippen LogP contribution is 2.54. The highest BCUT2D eigenvalue weighted by atomic mass is 16.5. The van der Waals surface area contributed by atoms with Gasteiger partial charge in [-0.25, -0.2) is 14.6 Å². The van der Waals surface area contributed by atoms with E-state index in [2.05, 4.69) is 15.0 Å². The smallest absolute Gasteiger partial charge is 0.338 e. The van der Waals surface area contributed by atoms with Crippen molar-refractivity contribution in [3.05, 3.63) is 114 Å². The molecule has 2 heterocycles. The molecule has 212 valence electrons. The lowest BCUT2D eigenvalue weighted by molar-refractivity contribution is 0.0317. The zero-order valence-electron chi connectivity index (χ0n) is 22.8. The first-order chi connectivity index (χ1) is 20.5. The minimum Gasteiger partial charge on any atom is -0.471 e. The van der Waals surface area contributed by atoms with Crippen molar-refractivity contribution in [2.24, 2.45) is 11.3 Å². The zero-order valence-corrected chi connectivity index (χ0v) is 22.8. The topological polar surface area (TPSA) is 131 Å². The third-order valence-electron chi connectivity index (χ3n) is 7.44. The van der Waals surface area contributed by atoms with Crippen LogP contribution in [-0.2, 0) is 22.6 Å². The van der Waals surface area contributed by atoms with Gasteiger partial charge in [0.25, 0.3) is 0 Å². The normalized spacial score (nSPS) is 17.5. The Morgan fingerprint density at radius 3 is 2.14 bits per heavy atom. The van der Waals surface area contributed by atoms with Crippen molar-refractivity contribution in [1.29, 1.82) is 0 Å². The predicted molar refractivity (Wildman–Crippen MR) is 154 cm³/mol. The molecule has 5 aromatic rings. The van der Waals surface area contributed by atoms with Gasteiger partial charge in [-0.2, -0.15) is 9.97 Å². The molecule has 0 saturated heterocycles. The third kappa shape index (κ3) is 5.92. The minimum absolute atomic E-state index is 0.0424. The summed E-state index contributed by atoms with van der Waals surface area (Å²) in [6.45, 7) is 1.03. The van der Waals surface area contributed by atoms with E-state index >= 15 is 0 Å². The molecular formula is C32H29N5O5. The van der Waals surface area contributed by atoms with Crippen LogP contribution in [0, 0.1) is 11.3 Å². The van der Waals surface area contributed by atoms with Gasteiger partial charge in [0.1, 0.15) is 6.61 Å². The lowest BCUT2D eigenvalue weighted by Gasteiger charge is -2.19. The van der Waals surface area contributed by atoms with Gasteiger partial charge >= 0.3 is 11.9 Å². The van der Waals surface area contributed by atoms with E-state index in [1.165, 1.54) is 0 Å². The highest BCUT2D eigenvalue weighted by Gasteiger charge is 2.56. The molecule has 0 amide bonds. The van der Waals surface area contributed by atoms with Crippen molar-refractivity contribution in [2.45, 2.75) is 19.6 Å². The Morgan fingerprint density at radius 1 is 0.857 bits per heavy atom. The van der Waals surface area contributed by atoms with Gasteiger partial charge in [0.2, 0.25) is 11.8 Å². The highest BCUT2D eigenvalue weighted by molar-refractivity contribution is 5.89. The van der Waals surface area contributed by atoms with E-state index in [4.69, 9.17) is 19.9 Å². The first-order valence-corrected chi connectivity index (χ1v) is 13.6. The van der Waals surface area contributed by atoms with Crippen LogP contribution in [-0.4, -0.2) is 44.7 Å². The summed E-state index contributed by atoms with van der Waals surface area (Å²) in [6.07, 6.45) is 2.33. The summed E-state index contributed by atoms with van der Waals surface area (Å²) in [5.74, 6) is -0.513. The fourth-order valence-electron chi connectivity index (χ4n) is 5.00. The summed E-state index contributed by atoms with van der Waals surface area (Å²) in [5, 5.41) is 0. The number of fused-ring (bicyclic) bond motifs is 1. The second-order valence-corrected chi connectivity index (χ2v) is 10.4. The maximum Gasteiger partial charge on any atom is 0.338 e. The number of nitrogens with two attached hydrogens (primary N) is 1. The number of nitrogen functional groups attached to an aromatic ring is 1. The second-order valence-electron chi connectivity index (χ2n) is 10.4. The fourth-order valence-corrected chi connectivity index (χ4v) is 5.00. The number of carbonyl (C=O) groups is 2. The molecule has 0 radical (unpaired) electrons. The van der Waals surface area contributed by atoms with Gasteiger partial charge in [0, 0.05) is 17.9 Å². The van der Waals surface area contributed by atoms with Crippen LogP contribution in [0.1, 0.15) is 32.7 Å². The summed E-state index contributed by atoms with van der Waals surface area (Å²) in [5.41, 5.74) is 8.47. The van der Waals surface area contributed by atoms with Crippen LogP contribution < -0.4 is 10.5 Å². The Bertz CT molecular complexity index is 1690. The second kappa shape index (κ2) is 11.7. The van der Waals surface area contributed by atoms with Crippen molar-refractivity contribution in [2.75, 3.05) is 18.9 Å². The number of esters is 2. The number of ether oxygens (including phenoxy) is 3. The van der Waals surface area contributed by atoms with Gasteiger partial charge in [-0.3, -0.25) is 0 Å². The maximum absolute atomic E-state index is 12.8. The third-order valence-corrected chi connectivity index (χ3v) is 7.44.